The molecule has 1 aromatic rings. The zero-order chi connectivity index (χ0) is 15.5. The summed E-state index contributed by atoms with van der Waals surface area (Å²) in [6.07, 6.45) is 3.52. The molecule has 3 heteroatoms. The summed E-state index contributed by atoms with van der Waals surface area (Å²) in [6.45, 7) is 5.12. The summed E-state index contributed by atoms with van der Waals surface area (Å²) >= 11 is 0. The van der Waals surface area contributed by atoms with Crippen molar-refractivity contribution in [2.75, 3.05) is 20.2 Å². The number of aliphatic hydroxyl groups is 1. The average molecular weight is 290 g/mol. The van der Waals surface area contributed by atoms with Gasteiger partial charge in [0.25, 0.3) is 0 Å². The number of benzene rings is 1. The molecule has 1 aliphatic carbocycles. The fourth-order valence-corrected chi connectivity index (χ4v) is 3.55. The van der Waals surface area contributed by atoms with E-state index in [0.717, 1.165) is 13.0 Å². The van der Waals surface area contributed by atoms with E-state index >= 15 is 0 Å². The Morgan fingerprint density at radius 3 is 2.48 bits per heavy atom. The lowest BCUT2D eigenvalue weighted by Crippen LogP contribution is -2.55. The van der Waals surface area contributed by atoms with Crippen molar-refractivity contribution in [2.45, 2.75) is 50.6 Å². The first kappa shape index (κ1) is 16.5. The lowest BCUT2D eigenvalue weighted by atomic mass is 9.74. The minimum Gasteiger partial charge on any atom is -0.394 e. The minimum atomic E-state index is -0.198. The van der Waals surface area contributed by atoms with Crippen LogP contribution in [-0.4, -0.2) is 41.8 Å². The van der Waals surface area contributed by atoms with Crippen LogP contribution in [0, 0.1) is 5.92 Å². The van der Waals surface area contributed by atoms with Gasteiger partial charge in [0, 0.05) is 11.6 Å². The number of nitrogens with two attached hydrogens (primary N) is 1. The molecule has 3 N–H and O–H groups in total. The Bertz CT molecular complexity index is 432. The van der Waals surface area contributed by atoms with Gasteiger partial charge in [-0.05, 0) is 64.1 Å². The smallest absolute Gasteiger partial charge is 0.0610 e. The van der Waals surface area contributed by atoms with E-state index < -0.39 is 0 Å². The van der Waals surface area contributed by atoms with Gasteiger partial charge in [-0.2, -0.15) is 0 Å². The van der Waals surface area contributed by atoms with E-state index in [4.69, 9.17) is 5.73 Å². The highest BCUT2D eigenvalue weighted by Gasteiger charge is 2.37. The lowest BCUT2D eigenvalue weighted by molar-refractivity contribution is 0.00593. The number of likely N-dealkylation sites (N-methyl/N-ethyl adjacent to an activating group) is 1. The first-order chi connectivity index (χ1) is 9.99. The Morgan fingerprint density at radius 1 is 1.24 bits per heavy atom. The van der Waals surface area contributed by atoms with Gasteiger partial charge in [-0.25, -0.2) is 0 Å². The van der Waals surface area contributed by atoms with Gasteiger partial charge in [0.1, 0.15) is 0 Å². The molecule has 0 amide bonds. The maximum absolute atomic E-state index is 9.66. The van der Waals surface area contributed by atoms with Crippen molar-refractivity contribution in [2.24, 2.45) is 11.7 Å². The van der Waals surface area contributed by atoms with E-state index in [1.165, 1.54) is 18.4 Å². The van der Waals surface area contributed by atoms with Crippen LogP contribution in [0.25, 0.3) is 0 Å². The second kappa shape index (κ2) is 6.91. The van der Waals surface area contributed by atoms with Gasteiger partial charge in [0.2, 0.25) is 0 Å². The predicted octanol–water partition coefficient (Wildman–Crippen LogP) is 2.60. The van der Waals surface area contributed by atoms with Crippen molar-refractivity contribution in [1.82, 2.24) is 4.90 Å². The van der Waals surface area contributed by atoms with Crippen molar-refractivity contribution in [3.05, 3.63) is 35.9 Å². The third-order valence-electron chi connectivity index (χ3n) is 5.37. The van der Waals surface area contributed by atoms with Gasteiger partial charge >= 0.3 is 0 Å². The summed E-state index contributed by atoms with van der Waals surface area (Å²) in [6, 6.07) is 11.2. The maximum atomic E-state index is 9.66. The quantitative estimate of drug-likeness (QED) is 0.876. The molecule has 0 spiro atoms. The number of nitrogens with zero attached hydrogens (tertiary/aromatic N) is 1. The molecule has 0 aromatic heterocycles. The molecule has 0 aliphatic heterocycles. The van der Waals surface area contributed by atoms with Crippen LogP contribution in [0.2, 0.25) is 0 Å². The van der Waals surface area contributed by atoms with Crippen molar-refractivity contribution in [3.63, 3.8) is 0 Å². The van der Waals surface area contributed by atoms with Gasteiger partial charge in [0.05, 0.1) is 6.61 Å². The van der Waals surface area contributed by atoms with Crippen molar-refractivity contribution in [3.8, 4) is 0 Å². The Labute approximate surface area is 129 Å². The second-order valence-corrected chi connectivity index (χ2v) is 7.07. The van der Waals surface area contributed by atoms with Crippen LogP contribution >= 0.6 is 0 Å². The number of aliphatic hydroxyl groups excluding tert-OH is 1. The van der Waals surface area contributed by atoms with Crippen molar-refractivity contribution in [1.29, 1.82) is 0 Å². The van der Waals surface area contributed by atoms with E-state index in [0.29, 0.717) is 17.9 Å². The fraction of sp³-hybridized carbons (Fsp3) is 0.667. The summed E-state index contributed by atoms with van der Waals surface area (Å²) in [5.74, 6) is 1.14. The summed E-state index contributed by atoms with van der Waals surface area (Å²) in [7, 11) is 2.14. The fourth-order valence-electron chi connectivity index (χ4n) is 3.55. The molecule has 3 unspecified atom stereocenters. The van der Waals surface area contributed by atoms with Crippen LogP contribution in [0.5, 0.6) is 0 Å². The van der Waals surface area contributed by atoms with Crippen LogP contribution in [0.3, 0.4) is 0 Å². The molecule has 1 saturated carbocycles. The molecular formula is C18H30N2O. The molecule has 1 aromatic carbocycles. The van der Waals surface area contributed by atoms with Crippen molar-refractivity contribution < 1.29 is 5.11 Å². The van der Waals surface area contributed by atoms with E-state index in [-0.39, 0.29) is 12.1 Å². The van der Waals surface area contributed by atoms with Crippen LogP contribution in [0.4, 0.5) is 0 Å². The molecule has 0 saturated heterocycles. The van der Waals surface area contributed by atoms with E-state index in [2.05, 4.69) is 56.1 Å². The van der Waals surface area contributed by atoms with Crippen LogP contribution in [0.1, 0.15) is 44.6 Å². The van der Waals surface area contributed by atoms with Gasteiger partial charge in [0.15, 0.2) is 0 Å². The normalized spacial score (nSPS) is 27.0. The summed E-state index contributed by atoms with van der Waals surface area (Å²) in [5, 5.41) is 9.66. The molecule has 118 valence electrons. The molecule has 21 heavy (non-hydrogen) atoms. The van der Waals surface area contributed by atoms with Gasteiger partial charge in [-0.15, -0.1) is 0 Å². The van der Waals surface area contributed by atoms with Gasteiger partial charge < -0.3 is 10.8 Å². The minimum absolute atomic E-state index is 0.174. The summed E-state index contributed by atoms with van der Waals surface area (Å²) in [5.41, 5.74) is 7.25. The monoisotopic (exact) mass is 290 g/mol. The number of rotatable bonds is 5. The average Bonchev–Trinajstić information content (AvgIpc) is 2.54. The largest absolute Gasteiger partial charge is 0.394 e. The molecule has 0 radical (unpaired) electrons. The highest BCUT2D eigenvalue weighted by Crippen LogP contribution is 2.39. The summed E-state index contributed by atoms with van der Waals surface area (Å²) in [4.78, 5) is 2.35. The van der Waals surface area contributed by atoms with Crippen LogP contribution in [-0.2, 0) is 0 Å². The van der Waals surface area contributed by atoms with E-state index in [1.807, 2.05) is 0 Å². The van der Waals surface area contributed by atoms with Crippen LogP contribution in [0.15, 0.2) is 30.3 Å². The third-order valence-corrected chi connectivity index (χ3v) is 5.37. The molecule has 0 heterocycles. The third kappa shape index (κ3) is 3.65. The Morgan fingerprint density at radius 2 is 1.90 bits per heavy atom. The molecule has 0 bridgehead atoms. The highest BCUT2D eigenvalue weighted by molar-refractivity contribution is 5.20. The first-order valence-electron chi connectivity index (χ1n) is 8.08. The van der Waals surface area contributed by atoms with E-state index in [1.54, 1.807) is 0 Å². The topological polar surface area (TPSA) is 49.5 Å². The standard InChI is InChI=1S/C18H30N2O/c1-18(2,13-21)20(3)17-11-15(9-10-16(17)12-19)14-7-5-4-6-8-14/h4-8,15-17,21H,9-13,19H2,1-3H3. The molecule has 1 aliphatic rings. The van der Waals surface area contributed by atoms with Gasteiger partial charge in [-0.1, -0.05) is 30.3 Å². The molecule has 3 nitrogen and oxygen atoms in total. The zero-order valence-electron chi connectivity index (χ0n) is 13.6. The Hall–Kier alpha value is -0.900. The molecule has 2 rings (SSSR count). The van der Waals surface area contributed by atoms with Crippen molar-refractivity contribution >= 4 is 0 Å². The SMILES string of the molecule is CN(C1CC(c2ccccc2)CCC1CN)C(C)(C)CO. The molecule has 3 atom stereocenters. The molecular weight excluding hydrogens is 260 g/mol. The van der Waals surface area contributed by atoms with Crippen LogP contribution < -0.4 is 5.73 Å². The Kier molecular flexibility index (Phi) is 5.42. The second-order valence-electron chi connectivity index (χ2n) is 7.07. The first-order valence-corrected chi connectivity index (χ1v) is 8.08. The zero-order valence-corrected chi connectivity index (χ0v) is 13.6. The van der Waals surface area contributed by atoms with Gasteiger partial charge in [-0.3, -0.25) is 4.90 Å². The maximum Gasteiger partial charge on any atom is 0.0610 e. The summed E-state index contributed by atoms with van der Waals surface area (Å²) < 4.78 is 0. The number of hydrogen-bond acceptors (Lipinski definition) is 3. The predicted molar refractivity (Wildman–Crippen MR) is 88.3 cm³/mol. The van der Waals surface area contributed by atoms with E-state index in [9.17, 15) is 5.11 Å². The molecule has 1 fully saturated rings. The highest BCUT2D eigenvalue weighted by atomic mass is 16.3. The lowest BCUT2D eigenvalue weighted by Gasteiger charge is -2.47. The number of hydrogen-bond donors (Lipinski definition) is 2. The Balaban J connectivity index is 2.16.